The zero-order valence-corrected chi connectivity index (χ0v) is 9.55. The van der Waals surface area contributed by atoms with E-state index in [4.69, 9.17) is 0 Å². The Labute approximate surface area is 81.0 Å². The van der Waals surface area contributed by atoms with Gasteiger partial charge in [0, 0.05) is 18.2 Å². The highest BCUT2D eigenvalue weighted by Gasteiger charge is 2.19. The highest BCUT2D eigenvalue weighted by Crippen LogP contribution is 2.24. The van der Waals surface area contributed by atoms with Crippen LogP contribution in [0.1, 0.15) is 51.9 Å². The molecule has 2 heteroatoms. The van der Waals surface area contributed by atoms with Gasteiger partial charge in [0.1, 0.15) is 0 Å². The van der Waals surface area contributed by atoms with E-state index in [-0.39, 0.29) is 5.41 Å². The van der Waals surface area contributed by atoms with Gasteiger partial charge in [-0.2, -0.15) is 5.10 Å². The molecule has 1 rings (SSSR count). The summed E-state index contributed by atoms with van der Waals surface area (Å²) >= 11 is 0. The second kappa shape index (κ2) is 3.17. The van der Waals surface area contributed by atoms with Gasteiger partial charge in [-0.05, 0) is 12.0 Å². The average molecular weight is 180 g/mol. The van der Waals surface area contributed by atoms with Gasteiger partial charge in [0.05, 0.1) is 5.69 Å². The summed E-state index contributed by atoms with van der Waals surface area (Å²) in [5, 5.41) is 4.49. The van der Waals surface area contributed by atoms with Crippen LogP contribution in [-0.4, -0.2) is 9.78 Å². The van der Waals surface area contributed by atoms with Crippen molar-refractivity contribution < 1.29 is 0 Å². The molecular formula is C11H20N2. The molecular weight excluding hydrogens is 160 g/mol. The van der Waals surface area contributed by atoms with E-state index in [0.717, 1.165) is 0 Å². The van der Waals surface area contributed by atoms with Crippen molar-refractivity contribution in [1.29, 1.82) is 0 Å². The lowest BCUT2D eigenvalue weighted by molar-refractivity contribution is 0.522. The minimum atomic E-state index is 0.189. The second-order valence-corrected chi connectivity index (χ2v) is 4.98. The van der Waals surface area contributed by atoms with E-state index < -0.39 is 0 Å². The predicted octanol–water partition coefficient (Wildman–Crippen LogP) is 2.84. The molecule has 0 saturated carbocycles. The third kappa shape index (κ3) is 2.11. The topological polar surface area (TPSA) is 17.8 Å². The molecule has 0 atom stereocenters. The number of aromatic nitrogens is 2. The van der Waals surface area contributed by atoms with Crippen molar-refractivity contribution in [2.24, 2.45) is 7.05 Å². The third-order valence-electron chi connectivity index (χ3n) is 2.26. The van der Waals surface area contributed by atoms with Crippen molar-refractivity contribution in [2.75, 3.05) is 0 Å². The second-order valence-electron chi connectivity index (χ2n) is 4.98. The maximum absolute atomic E-state index is 4.49. The van der Waals surface area contributed by atoms with Gasteiger partial charge in [-0.1, -0.05) is 34.6 Å². The van der Waals surface area contributed by atoms with Gasteiger partial charge < -0.3 is 0 Å². The van der Waals surface area contributed by atoms with E-state index >= 15 is 0 Å². The van der Waals surface area contributed by atoms with Crippen LogP contribution in [0.25, 0.3) is 0 Å². The molecule has 0 bridgehead atoms. The summed E-state index contributed by atoms with van der Waals surface area (Å²) in [6.07, 6.45) is 0. The monoisotopic (exact) mass is 180 g/mol. The van der Waals surface area contributed by atoms with E-state index in [1.807, 2.05) is 11.7 Å². The minimum Gasteiger partial charge on any atom is -0.272 e. The van der Waals surface area contributed by atoms with Gasteiger partial charge in [-0.15, -0.1) is 0 Å². The van der Waals surface area contributed by atoms with Crippen molar-refractivity contribution >= 4 is 0 Å². The Morgan fingerprint density at radius 1 is 1.31 bits per heavy atom. The summed E-state index contributed by atoms with van der Waals surface area (Å²) in [6, 6.07) is 2.21. The molecule has 0 saturated heterocycles. The van der Waals surface area contributed by atoms with Crippen molar-refractivity contribution in [1.82, 2.24) is 9.78 Å². The van der Waals surface area contributed by atoms with Gasteiger partial charge in [-0.3, -0.25) is 4.68 Å². The normalized spacial score (nSPS) is 12.5. The SMILES string of the molecule is CC(C)c1cc(C(C)(C)C)n(C)n1. The molecule has 0 aliphatic carbocycles. The van der Waals surface area contributed by atoms with E-state index in [0.29, 0.717) is 5.92 Å². The fourth-order valence-electron chi connectivity index (χ4n) is 1.47. The van der Waals surface area contributed by atoms with Crippen LogP contribution in [0.4, 0.5) is 0 Å². The standard InChI is InChI=1S/C11H20N2/c1-8(2)9-7-10(11(3,4)5)13(6)12-9/h7-8H,1-6H3. The smallest absolute Gasteiger partial charge is 0.0652 e. The predicted molar refractivity (Wildman–Crippen MR) is 56.0 cm³/mol. The summed E-state index contributed by atoms with van der Waals surface area (Å²) in [7, 11) is 2.02. The van der Waals surface area contributed by atoms with Crippen LogP contribution in [-0.2, 0) is 12.5 Å². The van der Waals surface area contributed by atoms with Gasteiger partial charge in [0.2, 0.25) is 0 Å². The Morgan fingerprint density at radius 2 is 1.85 bits per heavy atom. The quantitative estimate of drug-likeness (QED) is 0.650. The summed E-state index contributed by atoms with van der Waals surface area (Å²) in [5.41, 5.74) is 2.68. The third-order valence-corrected chi connectivity index (χ3v) is 2.26. The Balaban J connectivity index is 3.11. The largest absolute Gasteiger partial charge is 0.272 e. The number of hydrogen-bond donors (Lipinski definition) is 0. The molecule has 0 aliphatic rings. The van der Waals surface area contributed by atoms with Crippen LogP contribution in [0.3, 0.4) is 0 Å². The average Bonchev–Trinajstić information content (AvgIpc) is 2.29. The molecule has 0 aliphatic heterocycles. The molecule has 0 N–H and O–H groups in total. The maximum Gasteiger partial charge on any atom is 0.0652 e. The summed E-state index contributed by atoms with van der Waals surface area (Å²) in [5.74, 6) is 0.516. The first kappa shape index (κ1) is 10.3. The van der Waals surface area contributed by atoms with Gasteiger partial charge in [0.15, 0.2) is 0 Å². The van der Waals surface area contributed by atoms with Crippen molar-refractivity contribution in [3.05, 3.63) is 17.5 Å². The zero-order valence-electron chi connectivity index (χ0n) is 9.55. The first-order valence-corrected chi connectivity index (χ1v) is 4.87. The Hall–Kier alpha value is -0.790. The molecule has 1 heterocycles. The van der Waals surface area contributed by atoms with Gasteiger partial charge in [-0.25, -0.2) is 0 Å². The lowest BCUT2D eigenvalue weighted by atomic mass is 9.91. The fraction of sp³-hybridized carbons (Fsp3) is 0.727. The number of hydrogen-bond acceptors (Lipinski definition) is 1. The van der Waals surface area contributed by atoms with E-state index in [1.54, 1.807) is 0 Å². The molecule has 74 valence electrons. The van der Waals surface area contributed by atoms with Crippen LogP contribution in [0, 0.1) is 0 Å². The Bertz CT molecular complexity index is 290. The number of rotatable bonds is 1. The number of aryl methyl sites for hydroxylation is 1. The molecule has 2 nitrogen and oxygen atoms in total. The van der Waals surface area contributed by atoms with Crippen LogP contribution in [0.15, 0.2) is 6.07 Å². The first-order valence-electron chi connectivity index (χ1n) is 4.87. The molecule has 0 aromatic carbocycles. The van der Waals surface area contributed by atoms with Gasteiger partial charge in [0.25, 0.3) is 0 Å². The highest BCUT2D eigenvalue weighted by atomic mass is 15.3. The molecule has 0 fully saturated rings. The van der Waals surface area contributed by atoms with E-state index in [1.165, 1.54) is 11.4 Å². The van der Waals surface area contributed by atoms with Crippen LogP contribution in [0.5, 0.6) is 0 Å². The Kier molecular flexibility index (Phi) is 2.51. The summed E-state index contributed by atoms with van der Waals surface area (Å²) < 4.78 is 2.00. The maximum atomic E-state index is 4.49. The number of nitrogens with zero attached hydrogens (tertiary/aromatic N) is 2. The fourth-order valence-corrected chi connectivity index (χ4v) is 1.47. The lowest BCUT2D eigenvalue weighted by Gasteiger charge is -2.17. The van der Waals surface area contributed by atoms with Crippen LogP contribution < -0.4 is 0 Å². The van der Waals surface area contributed by atoms with E-state index in [9.17, 15) is 0 Å². The molecule has 0 unspecified atom stereocenters. The molecule has 13 heavy (non-hydrogen) atoms. The van der Waals surface area contributed by atoms with Crippen molar-refractivity contribution in [3.8, 4) is 0 Å². The molecule has 1 aromatic rings. The first-order chi connectivity index (χ1) is 5.82. The van der Waals surface area contributed by atoms with Crippen molar-refractivity contribution in [3.63, 3.8) is 0 Å². The molecule has 1 aromatic heterocycles. The van der Waals surface area contributed by atoms with Crippen LogP contribution in [0.2, 0.25) is 0 Å². The lowest BCUT2D eigenvalue weighted by Crippen LogP contribution is -2.16. The molecule has 0 amide bonds. The van der Waals surface area contributed by atoms with E-state index in [2.05, 4.69) is 45.8 Å². The van der Waals surface area contributed by atoms with Gasteiger partial charge >= 0.3 is 0 Å². The zero-order chi connectivity index (χ0) is 10.2. The van der Waals surface area contributed by atoms with Crippen LogP contribution >= 0.6 is 0 Å². The molecule has 0 radical (unpaired) electrons. The summed E-state index contributed by atoms with van der Waals surface area (Å²) in [4.78, 5) is 0. The minimum absolute atomic E-state index is 0.189. The Morgan fingerprint density at radius 3 is 2.08 bits per heavy atom. The molecule has 0 spiro atoms. The summed E-state index contributed by atoms with van der Waals surface area (Å²) in [6.45, 7) is 11.0. The highest BCUT2D eigenvalue weighted by molar-refractivity contribution is 5.19. The van der Waals surface area contributed by atoms with Crippen molar-refractivity contribution in [2.45, 2.75) is 46.0 Å².